The van der Waals surface area contributed by atoms with Gasteiger partial charge in [-0.05, 0) is 25.5 Å². The van der Waals surface area contributed by atoms with E-state index in [0.717, 1.165) is 17.9 Å². The van der Waals surface area contributed by atoms with Crippen molar-refractivity contribution < 1.29 is 9.47 Å². The van der Waals surface area contributed by atoms with Crippen LogP contribution in [0.4, 0.5) is 0 Å². The van der Waals surface area contributed by atoms with Crippen LogP contribution in [-0.4, -0.2) is 38.4 Å². The Balaban J connectivity index is 1.48. The molecule has 3 heterocycles. The van der Waals surface area contributed by atoms with Crippen LogP contribution >= 0.6 is 0 Å². The Labute approximate surface area is 156 Å². The molecular formula is C19H21N5O3. The zero-order valence-electron chi connectivity index (χ0n) is 15.5. The minimum Gasteiger partial charge on any atom is -0.495 e. The van der Waals surface area contributed by atoms with Gasteiger partial charge in [0.25, 0.3) is 5.56 Å². The number of nitrogens with one attached hydrogen (secondary N) is 1. The van der Waals surface area contributed by atoms with E-state index >= 15 is 0 Å². The third kappa shape index (κ3) is 3.55. The Morgan fingerprint density at radius 2 is 2.11 bits per heavy atom. The molecule has 8 nitrogen and oxygen atoms in total. The van der Waals surface area contributed by atoms with Gasteiger partial charge in [0.05, 0.1) is 31.0 Å². The molecule has 140 valence electrons. The number of methoxy groups -OCH3 is 1. The van der Waals surface area contributed by atoms with E-state index in [9.17, 15) is 4.79 Å². The van der Waals surface area contributed by atoms with Crippen LogP contribution in [0.3, 0.4) is 0 Å². The van der Waals surface area contributed by atoms with Crippen molar-refractivity contribution in [1.82, 2.24) is 24.7 Å². The minimum atomic E-state index is -0.193. The summed E-state index contributed by atoms with van der Waals surface area (Å²) in [5.74, 6) is 2.55. The second-order valence-electron chi connectivity index (χ2n) is 6.77. The van der Waals surface area contributed by atoms with E-state index in [1.54, 1.807) is 44.4 Å². The molecule has 0 aromatic carbocycles. The SMILES string of the molecule is COc1ccc([C@H]2C[C@@H]2COc2nc(C)ncc2-c2cn(C)[nH]c2=O)nc1. The number of rotatable bonds is 6. The van der Waals surface area contributed by atoms with Gasteiger partial charge < -0.3 is 9.47 Å². The van der Waals surface area contributed by atoms with Crippen molar-refractivity contribution in [1.29, 1.82) is 0 Å². The van der Waals surface area contributed by atoms with Crippen molar-refractivity contribution in [3.05, 3.63) is 52.6 Å². The van der Waals surface area contributed by atoms with Crippen molar-refractivity contribution in [2.75, 3.05) is 13.7 Å². The van der Waals surface area contributed by atoms with Gasteiger partial charge in [0.15, 0.2) is 0 Å². The lowest BCUT2D eigenvalue weighted by Gasteiger charge is -2.09. The highest BCUT2D eigenvalue weighted by atomic mass is 16.5. The predicted octanol–water partition coefficient (Wildman–Crippen LogP) is 2.06. The number of aryl methyl sites for hydroxylation is 2. The Hall–Kier alpha value is -3.16. The summed E-state index contributed by atoms with van der Waals surface area (Å²) in [7, 11) is 3.39. The van der Waals surface area contributed by atoms with Crippen molar-refractivity contribution in [2.24, 2.45) is 13.0 Å². The van der Waals surface area contributed by atoms with E-state index < -0.39 is 0 Å². The van der Waals surface area contributed by atoms with Crippen LogP contribution in [-0.2, 0) is 7.05 Å². The molecule has 0 aliphatic heterocycles. The Morgan fingerprint density at radius 3 is 2.78 bits per heavy atom. The normalized spacial score (nSPS) is 18.3. The standard InChI is InChI=1S/C19H21N5O3/c1-11-20-8-15(16-9-24(2)23-18(16)25)19(22-11)27-10-12-6-14(12)17-5-4-13(26-3)7-21-17/h4-5,7-9,12,14H,6,10H2,1-3H3,(H,23,25)/t12-,14+/m1/s1. The largest absolute Gasteiger partial charge is 0.495 e. The lowest BCUT2D eigenvalue weighted by atomic mass is 10.2. The highest BCUT2D eigenvalue weighted by Gasteiger charge is 2.40. The van der Waals surface area contributed by atoms with Crippen LogP contribution in [0.2, 0.25) is 0 Å². The molecule has 3 aromatic heterocycles. The zero-order valence-corrected chi connectivity index (χ0v) is 15.5. The van der Waals surface area contributed by atoms with Gasteiger partial charge in [0, 0.05) is 37.0 Å². The highest BCUT2D eigenvalue weighted by molar-refractivity contribution is 5.66. The van der Waals surface area contributed by atoms with Gasteiger partial charge in [-0.15, -0.1) is 0 Å². The number of pyridine rings is 1. The molecule has 4 rings (SSSR count). The number of hydrogen-bond acceptors (Lipinski definition) is 6. The lowest BCUT2D eigenvalue weighted by Crippen LogP contribution is -2.08. The van der Waals surface area contributed by atoms with E-state index in [1.807, 2.05) is 12.1 Å². The number of ether oxygens (including phenoxy) is 2. The Bertz CT molecular complexity index is 1010. The van der Waals surface area contributed by atoms with Crippen LogP contribution in [0.15, 0.2) is 35.5 Å². The van der Waals surface area contributed by atoms with Gasteiger partial charge in [-0.25, -0.2) is 4.98 Å². The average Bonchev–Trinajstić information content (AvgIpc) is 3.37. The maximum Gasteiger partial charge on any atom is 0.272 e. The van der Waals surface area contributed by atoms with Gasteiger partial charge in [0.2, 0.25) is 5.88 Å². The fourth-order valence-corrected chi connectivity index (χ4v) is 3.15. The molecule has 2 atom stereocenters. The second-order valence-corrected chi connectivity index (χ2v) is 6.77. The summed E-state index contributed by atoms with van der Waals surface area (Å²) in [5.41, 5.74) is 1.95. The molecule has 1 aliphatic rings. The van der Waals surface area contributed by atoms with E-state index in [4.69, 9.17) is 9.47 Å². The van der Waals surface area contributed by atoms with Gasteiger partial charge in [-0.1, -0.05) is 0 Å². The van der Waals surface area contributed by atoms with Crippen LogP contribution < -0.4 is 15.0 Å². The van der Waals surface area contributed by atoms with Gasteiger partial charge in [-0.2, -0.15) is 4.98 Å². The molecule has 8 heteroatoms. The van der Waals surface area contributed by atoms with E-state index in [2.05, 4.69) is 20.1 Å². The molecule has 0 spiro atoms. The molecule has 27 heavy (non-hydrogen) atoms. The highest BCUT2D eigenvalue weighted by Crippen LogP contribution is 2.47. The molecule has 1 aliphatic carbocycles. The fraction of sp³-hybridized carbons (Fsp3) is 0.368. The first kappa shape index (κ1) is 17.3. The summed E-state index contributed by atoms with van der Waals surface area (Å²) in [6.45, 7) is 2.32. The Kier molecular flexibility index (Phi) is 4.39. The first-order chi connectivity index (χ1) is 13.0. The van der Waals surface area contributed by atoms with Crippen LogP contribution in [0, 0.1) is 12.8 Å². The molecule has 0 amide bonds. The van der Waals surface area contributed by atoms with Crippen LogP contribution in [0.1, 0.15) is 23.9 Å². The molecule has 3 aromatic rings. The van der Waals surface area contributed by atoms with Crippen molar-refractivity contribution in [3.63, 3.8) is 0 Å². The maximum atomic E-state index is 12.1. The third-order valence-electron chi connectivity index (χ3n) is 4.74. The number of H-pyrrole nitrogens is 1. The maximum absolute atomic E-state index is 12.1. The molecule has 0 radical (unpaired) electrons. The predicted molar refractivity (Wildman–Crippen MR) is 98.9 cm³/mol. The topological polar surface area (TPSA) is 94.9 Å². The number of nitrogens with zero attached hydrogens (tertiary/aromatic N) is 4. The van der Waals surface area contributed by atoms with Crippen molar-refractivity contribution in [2.45, 2.75) is 19.3 Å². The second kappa shape index (κ2) is 6.86. The molecule has 0 saturated heterocycles. The minimum absolute atomic E-state index is 0.193. The number of hydrogen-bond donors (Lipinski definition) is 1. The summed E-state index contributed by atoms with van der Waals surface area (Å²) >= 11 is 0. The summed E-state index contributed by atoms with van der Waals surface area (Å²) in [4.78, 5) is 25.2. The lowest BCUT2D eigenvalue weighted by molar-refractivity contribution is 0.285. The third-order valence-corrected chi connectivity index (χ3v) is 4.74. The monoisotopic (exact) mass is 367 g/mol. The van der Waals surface area contributed by atoms with E-state index in [0.29, 0.717) is 41.3 Å². The molecule has 1 N–H and O–H groups in total. The van der Waals surface area contributed by atoms with Crippen LogP contribution in [0.5, 0.6) is 11.6 Å². The number of aromatic amines is 1. The number of aromatic nitrogens is 5. The molecular weight excluding hydrogens is 346 g/mol. The van der Waals surface area contributed by atoms with Crippen molar-refractivity contribution >= 4 is 0 Å². The first-order valence-corrected chi connectivity index (χ1v) is 8.77. The zero-order chi connectivity index (χ0) is 19.0. The summed E-state index contributed by atoms with van der Waals surface area (Å²) in [6, 6.07) is 3.92. The quantitative estimate of drug-likeness (QED) is 0.717. The smallest absolute Gasteiger partial charge is 0.272 e. The summed E-state index contributed by atoms with van der Waals surface area (Å²) < 4.78 is 12.7. The average molecular weight is 367 g/mol. The van der Waals surface area contributed by atoms with Crippen molar-refractivity contribution in [3.8, 4) is 22.8 Å². The van der Waals surface area contributed by atoms with Gasteiger partial charge in [0.1, 0.15) is 11.6 Å². The molecule has 0 bridgehead atoms. The van der Waals surface area contributed by atoms with Crippen LogP contribution in [0.25, 0.3) is 11.1 Å². The summed E-state index contributed by atoms with van der Waals surface area (Å²) in [5, 5.41) is 2.69. The molecule has 0 unspecified atom stereocenters. The fourth-order valence-electron chi connectivity index (χ4n) is 3.15. The first-order valence-electron chi connectivity index (χ1n) is 8.77. The Morgan fingerprint density at radius 1 is 1.26 bits per heavy atom. The van der Waals surface area contributed by atoms with E-state index in [-0.39, 0.29) is 5.56 Å². The van der Waals surface area contributed by atoms with Gasteiger partial charge >= 0.3 is 0 Å². The molecule has 1 fully saturated rings. The van der Waals surface area contributed by atoms with Gasteiger partial charge in [-0.3, -0.25) is 19.6 Å². The molecule has 1 saturated carbocycles. The summed E-state index contributed by atoms with van der Waals surface area (Å²) in [6.07, 6.45) is 6.10. The van der Waals surface area contributed by atoms with E-state index in [1.165, 1.54) is 0 Å².